The standard InChI is InChI=1S/C11H10BrN3O3/c12-7-3-1-6(2-4-7)10(17)15-14-8-5-9(16)13-11(8)18/h1-4,8,14H,5H2,(H,15,17)(H,13,16,18)/t8-/m0/s1. The summed E-state index contributed by atoms with van der Waals surface area (Å²) in [5.74, 6) is -1.15. The van der Waals surface area contributed by atoms with Crippen molar-refractivity contribution in [3.05, 3.63) is 34.3 Å². The minimum absolute atomic E-state index is 0.0272. The maximum atomic E-state index is 11.7. The molecule has 18 heavy (non-hydrogen) atoms. The highest BCUT2D eigenvalue weighted by atomic mass is 79.9. The molecule has 0 saturated carbocycles. The van der Waals surface area contributed by atoms with Gasteiger partial charge in [0.05, 0.1) is 6.42 Å². The summed E-state index contributed by atoms with van der Waals surface area (Å²) < 4.78 is 0.868. The molecule has 2 rings (SSSR count). The Hall–Kier alpha value is -1.73. The second-order valence-electron chi connectivity index (χ2n) is 3.77. The summed E-state index contributed by atoms with van der Waals surface area (Å²) in [6, 6.07) is 6.04. The van der Waals surface area contributed by atoms with Crippen LogP contribution in [0.25, 0.3) is 0 Å². The number of amides is 3. The highest BCUT2D eigenvalue weighted by Gasteiger charge is 2.30. The number of hydrogen-bond donors (Lipinski definition) is 3. The normalized spacial score (nSPS) is 18.6. The summed E-state index contributed by atoms with van der Waals surface area (Å²) >= 11 is 3.26. The molecule has 3 amide bonds. The third kappa shape index (κ3) is 2.93. The first-order valence-corrected chi connectivity index (χ1v) is 6.00. The topological polar surface area (TPSA) is 87.3 Å². The predicted molar refractivity (Wildman–Crippen MR) is 66.3 cm³/mol. The molecule has 1 aromatic carbocycles. The van der Waals surface area contributed by atoms with E-state index in [0.29, 0.717) is 5.56 Å². The molecule has 1 aliphatic rings. The van der Waals surface area contributed by atoms with E-state index in [-0.39, 0.29) is 18.2 Å². The van der Waals surface area contributed by atoms with Gasteiger partial charge in [0.25, 0.3) is 5.91 Å². The largest absolute Gasteiger partial charge is 0.295 e. The monoisotopic (exact) mass is 311 g/mol. The van der Waals surface area contributed by atoms with Gasteiger partial charge in [0, 0.05) is 10.0 Å². The Morgan fingerprint density at radius 2 is 1.94 bits per heavy atom. The lowest BCUT2D eigenvalue weighted by Crippen LogP contribution is -2.47. The molecule has 1 saturated heterocycles. The average molecular weight is 312 g/mol. The second kappa shape index (κ2) is 5.28. The van der Waals surface area contributed by atoms with E-state index in [2.05, 4.69) is 32.1 Å². The number of hydrazine groups is 1. The average Bonchev–Trinajstić information content (AvgIpc) is 2.66. The van der Waals surface area contributed by atoms with Gasteiger partial charge in [-0.2, -0.15) is 0 Å². The molecule has 1 aromatic rings. The number of imide groups is 1. The van der Waals surface area contributed by atoms with Gasteiger partial charge < -0.3 is 0 Å². The minimum atomic E-state index is -0.711. The van der Waals surface area contributed by atoms with E-state index < -0.39 is 11.9 Å². The Morgan fingerprint density at radius 3 is 2.50 bits per heavy atom. The van der Waals surface area contributed by atoms with Crippen molar-refractivity contribution in [2.75, 3.05) is 0 Å². The van der Waals surface area contributed by atoms with Crippen molar-refractivity contribution < 1.29 is 14.4 Å². The predicted octanol–water partition coefficient (Wildman–Crippen LogP) is 0.0986. The first kappa shape index (κ1) is 12.7. The van der Waals surface area contributed by atoms with Crippen molar-refractivity contribution in [1.82, 2.24) is 16.2 Å². The quantitative estimate of drug-likeness (QED) is 0.546. The highest BCUT2D eigenvalue weighted by Crippen LogP contribution is 2.10. The third-order valence-corrected chi connectivity index (χ3v) is 2.96. The third-order valence-electron chi connectivity index (χ3n) is 2.43. The maximum absolute atomic E-state index is 11.7. The molecule has 1 atom stereocenters. The molecule has 1 aliphatic heterocycles. The SMILES string of the molecule is O=C1C[C@H](NNC(=O)c2ccc(Br)cc2)C(=O)N1. The molecule has 0 aliphatic carbocycles. The summed E-state index contributed by atoms with van der Waals surface area (Å²) in [5, 5.41) is 2.14. The summed E-state index contributed by atoms with van der Waals surface area (Å²) in [7, 11) is 0. The fourth-order valence-corrected chi connectivity index (χ4v) is 1.76. The molecule has 0 radical (unpaired) electrons. The molecule has 0 spiro atoms. The van der Waals surface area contributed by atoms with Crippen LogP contribution in [0.15, 0.2) is 28.7 Å². The van der Waals surface area contributed by atoms with E-state index in [4.69, 9.17) is 0 Å². The van der Waals surface area contributed by atoms with E-state index >= 15 is 0 Å². The van der Waals surface area contributed by atoms with Crippen LogP contribution in [-0.4, -0.2) is 23.8 Å². The molecule has 7 heteroatoms. The molecule has 0 aromatic heterocycles. The molecule has 3 N–H and O–H groups in total. The maximum Gasteiger partial charge on any atom is 0.265 e. The Morgan fingerprint density at radius 1 is 1.28 bits per heavy atom. The van der Waals surface area contributed by atoms with Crippen molar-refractivity contribution in [3.8, 4) is 0 Å². The van der Waals surface area contributed by atoms with Gasteiger partial charge in [0.1, 0.15) is 6.04 Å². The number of rotatable bonds is 3. The summed E-state index contributed by atoms with van der Waals surface area (Å²) in [6.45, 7) is 0. The van der Waals surface area contributed by atoms with Crippen molar-refractivity contribution >= 4 is 33.7 Å². The molecule has 94 valence electrons. The molecule has 1 fully saturated rings. The summed E-state index contributed by atoms with van der Waals surface area (Å²) in [4.78, 5) is 33.8. The fourth-order valence-electron chi connectivity index (χ4n) is 1.50. The first-order valence-electron chi connectivity index (χ1n) is 5.21. The summed E-state index contributed by atoms with van der Waals surface area (Å²) in [5.41, 5.74) is 5.38. The molecular formula is C11H10BrN3O3. The van der Waals surface area contributed by atoms with Gasteiger partial charge >= 0.3 is 0 Å². The second-order valence-corrected chi connectivity index (χ2v) is 4.69. The van der Waals surface area contributed by atoms with E-state index in [9.17, 15) is 14.4 Å². The Balaban J connectivity index is 1.90. The molecule has 6 nitrogen and oxygen atoms in total. The Bertz CT molecular complexity index is 501. The van der Waals surface area contributed by atoms with Gasteiger partial charge in [0.2, 0.25) is 11.8 Å². The van der Waals surface area contributed by atoms with Gasteiger partial charge in [0.15, 0.2) is 0 Å². The smallest absolute Gasteiger partial charge is 0.265 e. The molecular weight excluding hydrogens is 302 g/mol. The zero-order valence-corrected chi connectivity index (χ0v) is 10.8. The number of nitrogens with one attached hydrogen (secondary N) is 3. The summed E-state index contributed by atoms with van der Waals surface area (Å²) in [6.07, 6.45) is 0.0272. The van der Waals surface area contributed by atoms with E-state index in [1.165, 1.54) is 0 Å². The van der Waals surface area contributed by atoms with Crippen molar-refractivity contribution in [1.29, 1.82) is 0 Å². The van der Waals surface area contributed by atoms with Crippen LogP contribution in [0.2, 0.25) is 0 Å². The van der Waals surface area contributed by atoms with Crippen LogP contribution >= 0.6 is 15.9 Å². The zero-order chi connectivity index (χ0) is 13.1. The Kier molecular flexibility index (Phi) is 3.73. The number of carbonyl (C=O) groups is 3. The van der Waals surface area contributed by atoms with Crippen LogP contribution in [0.3, 0.4) is 0 Å². The van der Waals surface area contributed by atoms with Crippen LogP contribution in [0.5, 0.6) is 0 Å². The Labute approximate surface area is 111 Å². The number of benzene rings is 1. The van der Waals surface area contributed by atoms with Crippen LogP contribution < -0.4 is 16.2 Å². The lowest BCUT2D eigenvalue weighted by molar-refractivity contribution is -0.125. The highest BCUT2D eigenvalue weighted by molar-refractivity contribution is 9.10. The van der Waals surface area contributed by atoms with E-state index in [1.54, 1.807) is 24.3 Å². The molecule has 0 bridgehead atoms. The van der Waals surface area contributed by atoms with Crippen molar-refractivity contribution in [2.24, 2.45) is 0 Å². The van der Waals surface area contributed by atoms with Gasteiger partial charge in [-0.05, 0) is 24.3 Å². The lowest BCUT2D eigenvalue weighted by Gasteiger charge is -2.10. The van der Waals surface area contributed by atoms with Crippen LogP contribution in [0.4, 0.5) is 0 Å². The molecule has 0 unspecified atom stereocenters. The zero-order valence-electron chi connectivity index (χ0n) is 9.20. The minimum Gasteiger partial charge on any atom is -0.295 e. The fraction of sp³-hybridized carbons (Fsp3) is 0.182. The van der Waals surface area contributed by atoms with Crippen molar-refractivity contribution in [2.45, 2.75) is 12.5 Å². The number of halogens is 1. The van der Waals surface area contributed by atoms with E-state index in [0.717, 1.165) is 4.47 Å². The van der Waals surface area contributed by atoms with Crippen molar-refractivity contribution in [3.63, 3.8) is 0 Å². The van der Waals surface area contributed by atoms with E-state index in [1.807, 2.05) is 0 Å². The van der Waals surface area contributed by atoms with Gasteiger partial charge in [-0.3, -0.25) is 25.1 Å². The number of hydrogen-bond acceptors (Lipinski definition) is 4. The van der Waals surface area contributed by atoms with Gasteiger partial charge in [-0.15, -0.1) is 0 Å². The lowest BCUT2D eigenvalue weighted by atomic mass is 10.2. The number of carbonyl (C=O) groups excluding carboxylic acids is 3. The van der Waals surface area contributed by atoms with Crippen LogP contribution in [0.1, 0.15) is 16.8 Å². The van der Waals surface area contributed by atoms with Crippen LogP contribution in [-0.2, 0) is 9.59 Å². The van der Waals surface area contributed by atoms with Gasteiger partial charge in [-0.25, -0.2) is 5.43 Å². The first-order chi connectivity index (χ1) is 8.56. The van der Waals surface area contributed by atoms with Crippen LogP contribution in [0, 0.1) is 0 Å². The van der Waals surface area contributed by atoms with Gasteiger partial charge in [-0.1, -0.05) is 15.9 Å². The molecule has 1 heterocycles.